The Morgan fingerprint density at radius 3 is 1.29 bits per heavy atom. The lowest BCUT2D eigenvalue weighted by Gasteiger charge is -2.47. The van der Waals surface area contributed by atoms with Gasteiger partial charge in [0, 0.05) is 0 Å². The molecule has 0 radical (unpaired) electrons. The number of hydrogen-bond acceptors (Lipinski definition) is 0. The molecule has 0 spiro atoms. The number of hydrogen-bond donors (Lipinski definition) is 0. The zero-order valence-corrected chi connectivity index (χ0v) is 14.5. The van der Waals surface area contributed by atoms with Gasteiger partial charge in [0.25, 0.3) is 0 Å². The van der Waals surface area contributed by atoms with Crippen LogP contribution in [-0.2, 0) is 0 Å². The van der Waals surface area contributed by atoms with E-state index in [4.69, 9.17) is 0 Å². The third-order valence-corrected chi connectivity index (χ3v) is 13.5. The molecule has 3 atom stereocenters. The van der Waals surface area contributed by atoms with Crippen LogP contribution in [0.1, 0.15) is 80.6 Å². The van der Waals surface area contributed by atoms with Crippen LogP contribution < -0.4 is 0 Å². The molecule has 0 N–H and O–H groups in total. The molecule has 0 aromatic heterocycles. The predicted octanol–water partition coefficient (Wildman–Crippen LogP) is 6.64. The van der Waals surface area contributed by atoms with Crippen molar-refractivity contribution in [2.45, 2.75) is 103 Å². The second kappa shape index (κ2) is 8.34. The minimum absolute atomic E-state index is 0.999. The van der Waals surface area contributed by atoms with Crippen molar-refractivity contribution >= 4 is 8.07 Å². The molecule has 0 fully saturated rings. The minimum Gasteiger partial charge on any atom is -0.0654 e. The summed E-state index contributed by atoms with van der Waals surface area (Å²) in [6.45, 7) is 17.2. The molecule has 0 bridgehead atoms. The van der Waals surface area contributed by atoms with Crippen LogP contribution in [0.2, 0.25) is 22.7 Å². The standard InChI is InChI=1S/C16H36Si/c1-8-12-13-17(14(5)9-2,15(6)10-3)16(7)11-4/h14-16H,8-13H2,1-7H3. The van der Waals surface area contributed by atoms with Gasteiger partial charge in [0.15, 0.2) is 0 Å². The van der Waals surface area contributed by atoms with Crippen molar-refractivity contribution in [2.75, 3.05) is 0 Å². The van der Waals surface area contributed by atoms with Gasteiger partial charge in [-0.1, -0.05) is 86.6 Å². The number of rotatable bonds is 9. The molecular formula is C16H36Si. The SMILES string of the molecule is CCCC[Si](C(C)CC)(C(C)CC)C(C)CC. The molecule has 0 amide bonds. The molecule has 0 aliphatic heterocycles. The van der Waals surface area contributed by atoms with Crippen molar-refractivity contribution in [3.63, 3.8) is 0 Å². The van der Waals surface area contributed by atoms with Crippen molar-refractivity contribution in [2.24, 2.45) is 0 Å². The Labute approximate surface area is 112 Å². The Bertz CT molecular complexity index is 161. The maximum atomic E-state index is 2.56. The largest absolute Gasteiger partial charge is 0.0654 e. The first kappa shape index (κ1) is 17.2. The smallest absolute Gasteiger partial charge is 0.0620 e. The van der Waals surface area contributed by atoms with E-state index in [0.717, 1.165) is 16.6 Å². The zero-order chi connectivity index (χ0) is 13.5. The molecule has 0 nitrogen and oxygen atoms in total. The highest BCUT2D eigenvalue weighted by atomic mass is 28.3. The minimum atomic E-state index is -1.13. The first-order valence-electron chi connectivity index (χ1n) is 8.00. The monoisotopic (exact) mass is 256 g/mol. The van der Waals surface area contributed by atoms with E-state index in [0.29, 0.717) is 0 Å². The van der Waals surface area contributed by atoms with Crippen molar-refractivity contribution in [3.05, 3.63) is 0 Å². The Balaban J connectivity index is 5.19. The predicted molar refractivity (Wildman–Crippen MR) is 84.6 cm³/mol. The lowest BCUT2D eigenvalue weighted by molar-refractivity contribution is 0.663. The van der Waals surface area contributed by atoms with Crippen LogP contribution >= 0.6 is 0 Å². The van der Waals surface area contributed by atoms with E-state index < -0.39 is 8.07 Å². The van der Waals surface area contributed by atoms with E-state index >= 15 is 0 Å². The maximum Gasteiger partial charge on any atom is 0.0620 e. The van der Waals surface area contributed by atoms with E-state index in [1.165, 1.54) is 32.1 Å². The van der Waals surface area contributed by atoms with Crippen molar-refractivity contribution in [1.82, 2.24) is 0 Å². The fraction of sp³-hybridized carbons (Fsp3) is 1.00. The maximum absolute atomic E-state index is 2.56. The summed E-state index contributed by atoms with van der Waals surface area (Å²) >= 11 is 0. The third kappa shape index (κ3) is 3.84. The van der Waals surface area contributed by atoms with Gasteiger partial charge in [-0.05, 0) is 16.6 Å². The molecule has 0 aromatic carbocycles. The third-order valence-electron chi connectivity index (χ3n) is 5.55. The Morgan fingerprint density at radius 2 is 1.06 bits per heavy atom. The van der Waals surface area contributed by atoms with Gasteiger partial charge in [-0.25, -0.2) is 0 Å². The lowest BCUT2D eigenvalue weighted by Crippen LogP contribution is -2.46. The van der Waals surface area contributed by atoms with Crippen LogP contribution in [0.15, 0.2) is 0 Å². The molecule has 104 valence electrons. The van der Waals surface area contributed by atoms with E-state index in [-0.39, 0.29) is 0 Å². The van der Waals surface area contributed by atoms with E-state index in [9.17, 15) is 0 Å². The molecule has 0 saturated heterocycles. The summed E-state index contributed by atoms with van der Waals surface area (Å²) in [5.41, 5.74) is 3.00. The normalized spacial score (nSPS) is 20.6. The molecule has 0 heterocycles. The second-order valence-electron chi connectivity index (χ2n) is 6.14. The van der Waals surface area contributed by atoms with Crippen LogP contribution in [-0.4, -0.2) is 8.07 Å². The molecule has 0 aromatic rings. The van der Waals surface area contributed by atoms with Gasteiger partial charge in [-0.15, -0.1) is 0 Å². The van der Waals surface area contributed by atoms with Crippen LogP contribution in [0, 0.1) is 0 Å². The van der Waals surface area contributed by atoms with Crippen LogP contribution in [0.4, 0.5) is 0 Å². The fourth-order valence-corrected chi connectivity index (χ4v) is 11.5. The number of unbranched alkanes of at least 4 members (excludes halogenated alkanes) is 1. The molecule has 3 unspecified atom stereocenters. The van der Waals surface area contributed by atoms with Gasteiger partial charge in [0.2, 0.25) is 0 Å². The molecule has 1 heteroatoms. The molecule has 0 aliphatic carbocycles. The van der Waals surface area contributed by atoms with E-state index in [1.54, 1.807) is 6.04 Å². The fourth-order valence-electron chi connectivity index (χ4n) is 3.82. The van der Waals surface area contributed by atoms with Crippen molar-refractivity contribution in [3.8, 4) is 0 Å². The summed E-state index contributed by atoms with van der Waals surface area (Å²) in [5.74, 6) is 0. The topological polar surface area (TPSA) is 0 Å². The van der Waals surface area contributed by atoms with Gasteiger partial charge in [-0.3, -0.25) is 0 Å². The highest BCUT2D eigenvalue weighted by Gasteiger charge is 2.44. The first-order valence-corrected chi connectivity index (χ1v) is 10.4. The average molecular weight is 257 g/mol. The van der Waals surface area contributed by atoms with Crippen LogP contribution in [0.5, 0.6) is 0 Å². The summed E-state index contributed by atoms with van der Waals surface area (Å²) < 4.78 is 0. The lowest BCUT2D eigenvalue weighted by atomic mass is 10.3. The quantitative estimate of drug-likeness (QED) is 0.406. The van der Waals surface area contributed by atoms with E-state index in [2.05, 4.69) is 48.5 Å². The Hall–Kier alpha value is 0.217. The summed E-state index contributed by atoms with van der Waals surface area (Å²) in [7, 11) is -1.13. The summed E-state index contributed by atoms with van der Waals surface area (Å²) in [4.78, 5) is 0. The highest BCUT2D eigenvalue weighted by molar-refractivity contribution is 6.83. The highest BCUT2D eigenvalue weighted by Crippen LogP contribution is 2.49. The summed E-state index contributed by atoms with van der Waals surface area (Å²) in [6.07, 6.45) is 7.02. The molecular weight excluding hydrogens is 220 g/mol. The van der Waals surface area contributed by atoms with Gasteiger partial charge in [-0.2, -0.15) is 0 Å². The molecule has 0 saturated carbocycles. The molecule has 17 heavy (non-hydrogen) atoms. The van der Waals surface area contributed by atoms with Crippen molar-refractivity contribution in [1.29, 1.82) is 0 Å². The van der Waals surface area contributed by atoms with Gasteiger partial charge in [0.1, 0.15) is 0 Å². The Kier molecular flexibility index (Phi) is 8.45. The Morgan fingerprint density at radius 1 is 0.706 bits per heavy atom. The second-order valence-corrected chi connectivity index (χ2v) is 11.8. The van der Waals surface area contributed by atoms with Gasteiger partial charge < -0.3 is 0 Å². The van der Waals surface area contributed by atoms with Gasteiger partial charge in [0.05, 0.1) is 8.07 Å². The molecule has 0 rings (SSSR count). The first-order chi connectivity index (χ1) is 8.00. The summed E-state index contributed by atoms with van der Waals surface area (Å²) in [5, 5.41) is 0. The van der Waals surface area contributed by atoms with Crippen LogP contribution in [0.3, 0.4) is 0 Å². The van der Waals surface area contributed by atoms with Crippen molar-refractivity contribution < 1.29 is 0 Å². The average Bonchev–Trinajstić information content (AvgIpc) is 2.37. The summed E-state index contributed by atoms with van der Waals surface area (Å²) in [6, 6.07) is 1.57. The van der Waals surface area contributed by atoms with Gasteiger partial charge >= 0.3 is 0 Å². The van der Waals surface area contributed by atoms with E-state index in [1.807, 2.05) is 0 Å². The van der Waals surface area contributed by atoms with Crippen LogP contribution in [0.25, 0.3) is 0 Å². The zero-order valence-electron chi connectivity index (χ0n) is 13.5. The molecule has 0 aliphatic rings.